The minimum atomic E-state index is -0.544. The summed E-state index contributed by atoms with van der Waals surface area (Å²) in [6.45, 7) is 1.82. The van der Waals surface area contributed by atoms with Crippen LogP contribution in [0.1, 0.15) is 18.5 Å². The topological polar surface area (TPSA) is 71.0 Å². The number of phenols is 1. The van der Waals surface area contributed by atoms with Crippen molar-refractivity contribution in [3.05, 3.63) is 63.8 Å². The lowest BCUT2D eigenvalue weighted by atomic mass is 9.94. The fourth-order valence-electron chi connectivity index (χ4n) is 3.17. The van der Waals surface area contributed by atoms with E-state index in [9.17, 15) is 9.90 Å². The number of rotatable bonds is 4. The molecule has 0 aliphatic carbocycles. The number of anilines is 1. The van der Waals surface area contributed by atoms with Gasteiger partial charge in [0.2, 0.25) is 0 Å². The number of esters is 1. The van der Waals surface area contributed by atoms with E-state index in [1.54, 1.807) is 17.0 Å². The lowest BCUT2D eigenvalue weighted by molar-refractivity contribution is -0.136. The summed E-state index contributed by atoms with van der Waals surface area (Å²) in [7, 11) is 2.81. The number of nitrogens with zero attached hydrogens (tertiary/aromatic N) is 1. The normalized spacial score (nSPS) is 16.6. The molecule has 0 unspecified atom stereocenters. The highest BCUT2D eigenvalue weighted by molar-refractivity contribution is 9.10. The van der Waals surface area contributed by atoms with Gasteiger partial charge in [0.25, 0.3) is 0 Å². The van der Waals surface area contributed by atoms with Gasteiger partial charge < -0.3 is 19.9 Å². The molecule has 1 aliphatic rings. The van der Waals surface area contributed by atoms with Crippen LogP contribution < -0.4 is 15.0 Å². The molecule has 0 bridgehead atoms. The van der Waals surface area contributed by atoms with Crippen LogP contribution in [0.4, 0.5) is 5.69 Å². The maximum Gasteiger partial charge on any atom is 0.337 e. The van der Waals surface area contributed by atoms with Crippen molar-refractivity contribution < 1.29 is 19.4 Å². The fourth-order valence-corrected chi connectivity index (χ4v) is 3.91. The molecule has 1 aliphatic heterocycles. The molecule has 8 heteroatoms. The van der Waals surface area contributed by atoms with Crippen molar-refractivity contribution in [2.24, 2.45) is 0 Å². The van der Waals surface area contributed by atoms with Gasteiger partial charge in [0.1, 0.15) is 0 Å². The number of phenolic OH excluding ortho intramolecular Hbond substituents is 1. The molecular weight excluding hydrogens is 444 g/mol. The Bertz CT molecular complexity index is 976. The van der Waals surface area contributed by atoms with E-state index in [0.29, 0.717) is 27.7 Å². The minimum absolute atomic E-state index is 0.0146. The van der Waals surface area contributed by atoms with Crippen LogP contribution >= 0.6 is 28.1 Å². The van der Waals surface area contributed by atoms with Crippen molar-refractivity contribution >= 4 is 44.9 Å². The van der Waals surface area contributed by atoms with Gasteiger partial charge >= 0.3 is 5.97 Å². The van der Waals surface area contributed by atoms with Crippen LogP contribution in [0.15, 0.2) is 58.2 Å². The Morgan fingerprint density at radius 2 is 2.00 bits per heavy atom. The van der Waals surface area contributed by atoms with Gasteiger partial charge in [0.05, 0.1) is 25.8 Å². The Morgan fingerprint density at radius 1 is 1.25 bits per heavy atom. The second kappa shape index (κ2) is 8.20. The Labute approximate surface area is 176 Å². The average molecular weight is 463 g/mol. The summed E-state index contributed by atoms with van der Waals surface area (Å²) in [5.41, 5.74) is 2.60. The second-order valence-electron chi connectivity index (χ2n) is 6.12. The zero-order chi connectivity index (χ0) is 20.4. The molecule has 0 saturated carbocycles. The van der Waals surface area contributed by atoms with Crippen molar-refractivity contribution in [1.82, 2.24) is 5.32 Å². The molecule has 28 heavy (non-hydrogen) atoms. The Morgan fingerprint density at radius 3 is 2.64 bits per heavy atom. The number of ether oxygens (including phenoxy) is 2. The number of nitrogens with one attached hydrogen (secondary N) is 1. The molecule has 2 aromatic carbocycles. The zero-order valence-electron chi connectivity index (χ0n) is 15.5. The number of benzene rings is 2. The summed E-state index contributed by atoms with van der Waals surface area (Å²) in [4.78, 5) is 14.4. The molecule has 2 N–H and O–H groups in total. The Kier molecular flexibility index (Phi) is 5.90. The number of carbonyl (C=O) groups is 1. The summed E-state index contributed by atoms with van der Waals surface area (Å²) in [6, 6.07) is 12.0. The smallest absolute Gasteiger partial charge is 0.337 e. The summed E-state index contributed by atoms with van der Waals surface area (Å²) in [6.07, 6.45) is 0. The van der Waals surface area contributed by atoms with E-state index in [1.807, 2.05) is 31.2 Å². The third-order valence-electron chi connectivity index (χ3n) is 4.49. The number of aromatic hydroxyl groups is 1. The van der Waals surface area contributed by atoms with Crippen LogP contribution in [-0.2, 0) is 9.53 Å². The van der Waals surface area contributed by atoms with Gasteiger partial charge in [0.15, 0.2) is 16.6 Å². The number of hydrogen-bond acceptors (Lipinski definition) is 5. The number of carbonyl (C=O) groups excluding carboxylic acids is 1. The van der Waals surface area contributed by atoms with Gasteiger partial charge in [-0.05, 0) is 55.0 Å². The largest absolute Gasteiger partial charge is 0.504 e. The van der Waals surface area contributed by atoms with Crippen LogP contribution in [0.2, 0.25) is 0 Å². The van der Waals surface area contributed by atoms with E-state index in [1.165, 1.54) is 20.3 Å². The van der Waals surface area contributed by atoms with E-state index in [0.717, 1.165) is 10.2 Å². The minimum Gasteiger partial charge on any atom is -0.504 e. The first-order valence-corrected chi connectivity index (χ1v) is 9.59. The quantitative estimate of drug-likeness (QED) is 0.524. The lowest BCUT2D eigenvalue weighted by Crippen LogP contribution is -2.48. The highest BCUT2D eigenvalue weighted by Gasteiger charge is 2.35. The van der Waals surface area contributed by atoms with Gasteiger partial charge in [-0.3, -0.25) is 4.90 Å². The molecule has 146 valence electrons. The van der Waals surface area contributed by atoms with E-state index in [-0.39, 0.29) is 5.75 Å². The van der Waals surface area contributed by atoms with Crippen molar-refractivity contribution in [3.8, 4) is 11.5 Å². The molecule has 0 radical (unpaired) electrons. The summed E-state index contributed by atoms with van der Waals surface area (Å²) in [5, 5.41) is 13.5. The van der Waals surface area contributed by atoms with Crippen LogP contribution in [0.25, 0.3) is 0 Å². The third kappa shape index (κ3) is 3.70. The number of methoxy groups -OCH3 is 2. The molecule has 0 fully saturated rings. The van der Waals surface area contributed by atoms with E-state index in [4.69, 9.17) is 21.7 Å². The van der Waals surface area contributed by atoms with Gasteiger partial charge in [-0.25, -0.2) is 4.79 Å². The molecule has 1 atom stereocenters. The SMILES string of the molecule is COC(=O)C1=C(C)N(c2cccc(Br)c2)C(=S)N[C@H]1c1ccc(O)c(OC)c1. The standard InChI is InChI=1S/C20H19BrN2O4S/c1-11-17(19(25)27-3)18(12-7-8-15(24)16(9-12)26-2)22-20(28)23(11)14-6-4-5-13(21)10-14/h4-10,18,24H,1-3H3,(H,22,28)/t18-/m0/s1. The fraction of sp³-hybridized carbons (Fsp3) is 0.200. The summed E-state index contributed by atoms with van der Waals surface area (Å²) < 4.78 is 11.1. The van der Waals surface area contributed by atoms with Crippen LogP contribution in [0.3, 0.4) is 0 Å². The molecule has 0 amide bonds. The first kappa shape index (κ1) is 20.2. The van der Waals surface area contributed by atoms with Crippen molar-refractivity contribution in [1.29, 1.82) is 0 Å². The first-order chi connectivity index (χ1) is 13.4. The first-order valence-electron chi connectivity index (χ1n) is 8.39. The molecule has 1 heterocycles. The van der Waals surface area contributed by atoms with Crippen molar-refractivity contribution in [2.75, 3.05) is 19.1 Å². The van der Waals surface area contributed by atoms with Crippen LogP contribution in [0.5, 0.6) is 11.5 Å². The van der Waals surface area contributed by atoms with E-state index in [2.05, 4.69) is 21.2 Å². The predicted octanol–water partition coefficient (Wildman–Crippen LogP) is 4.05. The van der Waals surface area contributed by atoms with Crippen molar-refractivity contribution in [2.45, 2.75) is 13.0 Å². The molecule has 0 aromatic heterocycles. The van der Waals surface area contributed by atoms with Crippen LogP contribution in [0, 0.1) is 0 Å². The Balaban J connectivity index is 2.15. The highest BCUT2D eigenvalue weighted by Crippen LogP contribution is 2.37. The average Bonchev–Trinajstić information content (AvgIpc) is 2.67. The number of hydrogen-bond donors (Lipinski definition) is 2. The van der Waals surface area contributed by atoms with E-state index < -0.39 is 12.0 Å². The molecule has 3 rings (SSSR count). The van der Waals surface area contributed by atoms with Crippen molar-refractivity contribution in [3.63, 3.8) is 0 Å². The molecule has 2 aromatic rings. The second-order valence-corrected chi connectivity index (χ2v) is 7.42. The molecule has 0 spiro atoms. The number of halogens is 1. The molecule has 0 saturated heterocycles. The van der Waals surface area contributed by atoms with Crippen LogP contribution in [-0.4, -0.2) is 30.4 Å². The van der Waals surface area contributed by atoms with E-state index >= 15 is 0 Å². The molecular formula is C20H19BrN2O4S. The predicted molar refractivity (Wildman–Crippen MR) is 114 cm³/mol. The van der Waals surface area contributed by atoms with Gasteiger partial charge in [-0.1, -0.05) is 28.1 Å². The zero-order valence-corrected chi connectivity index (χ0v) is 17.9. The third-order valence-corrected chi connectivity index (χ3v) is 5.29. The summed E-state index contributed by atoms with van der Waals surface area (Å²) in [5.74, 6) is -0.147. The summed E-state index contributed by atoms with van der Waals surface area (Å²) >= 11 is 9.06. The number of allylic oxidation sites excluding steroid dienone is 1. The Hall–Kier alpha value is -2.58. The maximum absolute atomic E-state index is 12.7. The monoisotopic (exact) mass is 462 g/mol. The number of thiocarbonyl (C=S) groups is 1. The molecule has 6 nitrogen and oxygen atoms in total. The van der Waals surface area contributed by atoms with Gasteiger partial charge in [0, 0.05) is 15.9 Å². The highest BCUT2D eigenvalue weighted by atomic mass is 79.9. The maximum atomic E-state index is 12.7. The lowest BCUT2D eigenvalue weighted by Gasteiger charge is -2.37. The van der Waals surface area contributed by atoms with Gasteiger partial charge in [-0.15, -0.1) is 0 Å². The van der Waals surface area contributed by atoms with Gasteiger partial charge in [-0.2, -0.15) is 0 Å².